The molecule has 0 aliphatic carbocycles. The fourth-order valence-corrected chi connectivity index (χ4v) is 4.26. The molecule has 0 aromatic heterocycles. The standard InChI is InChI=1S/C26H26FN3O5S/c1-17(27)34-21-11-9-19(10-12-21)20-6-5-7-22(15-20)35-23-13-8-18(16-28)14-24(23)36(32,33)30-25(31)29-26(2,3)4/h5-15,17H,1-4H3,(H2,29,30,31). The Morgan fingerprint density at radius 1 is 1.00 bits per heavy atom. The van der Waals surface area contributed by atoms with Gasteiger partial charge in [-0.1, -0.05) is 24.3 Å². The largest absolute Gasteiger partial charge is 0.461 e. The third-order valence-electron chi connectivity index (χ3n) is 4.63. The number of benzene rings is 3. The zero-order chi connectivity index (χ0) is 26.5. The van der Waals surface area contributed by atoms with Crippen molar-refractivity contribution >= 4 is 16.1 Å². The zero-order valence-corrected chi connectivity index (χ0v) is 21.0. The maximum Gasteiger partial charge on any atom is 0.329 e. The normalized spacial score (nSPS) is 12.2. The molecule has 2 N–H and O–H groups in total. The van der Waals surface area contributed by atoms with Gasteiger partial charge < -0.3 is 14.8 Å². The van der Waals surface area contributed by atoms with Crippen molar-refractivity contribution in [3.8, 4) is 34.4 Å². The number of rotatable bonds is 7. The predicted octanol–water partition coefficient (Wildman–Crippen LogP) is 5.50. The summed E-state index contributed by atoms with van der Waals surface area (Å²) in [4.78, 5) is 11.9. The molecule has 10 heteroatoms. The first-order valence-corrected chi connectivity index (χ1v) is 12.4. The average molecular weight is 512 g/mol. The summed E-state index contributed by atoms with van der Waals surface area (Å²) in [5.41, 5.74) is 0.973. The predicted molar refractivity (Wildman–Crippen MR) is 133 cm³/mol. The lowest BCUT2D eigenvalue weighted by Crippen LogP contribution is -2.48. The maximum atomic E-state index is 13.1. The number of hydrogen-bond acceptors (Lipinski definition) is 6. The molecule has 1 unspecified atom stereocenters. The molecule has 0 heterocycles. The molecule has 0 saturated heterocycles. The summed E-state index contributed by atoms with van der Waals surface area (Å²) in [5.74, 6) is 0.644. The smallest absolute Gasteiger partial charge is 0.329 e. The molecule has 0 bridgehead atoms. The Balaban J connectivity index is 1.90. The second kappa shape index (κ2) is 10.7. The van der Waals surface area contributed by atoms with Crippen LogP contribution < -0.4 is 19.5 Å². The minimum atomic E-state index is -4.37. The lowest BCUT2D eigenvalue weighted by Gasteiger charge is -2.21. The molecule has 8 nitrogen and oxygen atoms in total. The van der Waals surface area contributed by atoms with E-state index in [-0.39, 0.29) is 16.2 Å². The molecule has 0 aliphatic rings. The van der Waals surface area contributed by atoms with Gasteiger partial charge in [0.25, 0.3) is 10.0 Å². The Morgan fingerprint density at radius 3 is 2.31 bits per heavy atom. The molecule has 3 aromatic carbocycles. The molecule has 3 rings (SSSR count). The molecule has 0 aliphatic heterocycles. The first-order valence-electron chi connectivity index (χ1n) is 10.9. The average Bonchev–Trinajstić information content (AvgIpc) is 2.78. The number of carbonyl (C=O) groups excluding carboxylic acids is 1. The summed E-state index contributed by atoms with van der Waals surface area (Å²) >= 11 is 0. The fourth-order valence-electron chi connectivity index (χ4n) is 3.19. The number of urea groups is 1. The summed E-state index contributed by atoms with van der Waals surface area (Å²) in [7, 11) is -4.37. The number of alkyl halides is 1. The number of nitrogens with one attached hydrogen (secondary N) is 2. The van der Waals surface area contributed by atoms with Crippen molar-refractivity contribution in [1.82, 2.24) is 10.0 Å². The molecular weight excluding hydrogens is 485 g/mol. The molecule has 36 heavy (non-hydrogen) atoms. The number of hydrogen-bond donors (Lipinski definition) is 2. The monoisotopic (exact) mass is 511 g/mol. The summed E-state index contributed by atoms with van der Waals surface area (Å²) in [6, 6.07) is 18.6. The molecule has 0 fully saturated rings. The van der Waals surface area contributed by atoms with Crippen molar-refractivity contribution in [2.24, 2.45) is 0 Å². The summed E-state index contributed by atoms with van der Waals surface area (Å²) in [5, 5.41) is 11.8. The first-order chi connectivity index (χ1) is 16.9. The molecule has 1 atom stereocenters. The number of sulfonamides is 1. The van der Waals surface area contributed by atoms with Crippen molar-refractivity contribution in [3.63, 3.8) is 0 Å². The second-order valence-electron chi connectivity index (χ2n) is 8.90. The molecule has 0 saturated carbocycles. The topological polar surface area (TPSA) is 118 Å². The summed E-state index contributed by atoms with van der Waals surface area (Å²) in [6.07, 6.45) is -1.43. The van der Waals surface area contributed by atoms with E-state index in [0.717, 1.165) is 17.2 Å². The van der Waals surface area contributed by atoms with Crippen molar-refractivity contribution in [2.75, 3.05) is 0 Å². The minimum Gasteiger partial charge on any atom is -0.461 e. The van der Waals surface area contributed by atoms with Crippen molar-refractivity contribution in [1.29, 1.82) is 5.26 Å². The van der Waals surface area contributed by atoms with E-state index in [4.69, 9.17) is 9.47 Å². The van der Waals surface area contributed by atoms with Gasteiger partial charge in [-0.25, -0.2) is 22.3 Å². The van der Waals surface area contributed by atoms with Crippen LogP contribution in [-0.2, 0) is 10.0 Å². The van der Waals surface area contributed by atoms with Crippen LogP contribution in [0.15, 0.2) is 71.6 Å². The Kier molecular flexibility index (Phi) is 7.85. The van der Waals surface area contributed by atoms with Gasteiger partial charge in [-0.2, -0.15) is 5.26 Å². The van der Waals surface area contributed by atoms with Gasteiger partial charge in [0.05, 0.1) is 11.6 Å². The lowest BCUT2D eigenvalue weighted by atomic mass is 10.1. The number of ether oxygens (including phenoxy) is 2. The van der Waals surface area contributed by atoms with Gasteiger partial charge in [0.1, 0.15) is 22.1 Å². The third-order valence-corrected chi connectivity index (χ3v) is 5.98. The van der Waals surface area contributed by atoms with E-state index in [1.54, 1.807) is 63.2 Å². The summed E-state index contributed by atoms with van der Waals surface area (Å²) in [6.45, 7) is 6.41. The quantitative estimate of drug-likeness (QED) is 0.433. The van der Waals surface area contributed by atoms with Crippen LogP contribution in [0, 0.1) is 11.3 Å². The van der Waals surface area contributed by atoms with Gasteiger partial charge in [-0.15, -0.1) is 0 Å². The second-order valence-corrected chi connectivity index (χ2v) is 10.5. The summed E-state index contributed by atoms with van der Waals surface area (Å²) < 4.78 is 51.9. The van der Waals surface area contributed by atoms with E-state index in [1.807, 2.05) is 16.9 Å². The van der Waals surface area contributed by atoms with Crippen molar-refractivity contribution in [2.45, 2.75) is 44.5 Å². The SMILES string of the molecule is CC(F)Oc1ccc(-c2cccc(Oc3ccc(C#N)cc3S(=O)(=O)NC(=O)NC(C)(C)C)c2)cc1. The molecule has 0 radical (unpaired) electrons. The number of halogens is 1. The Labute approximate surface area is 209 Å². The molecule has 3 aromatic rings. The molecule has 0 spiro atoms. The van der Waals surface area contributed by atoms with Crippen LogP contribution in [0.25, 0.3) is 11.1 Å². The van der Waals surface area contributed by atoms with Crippen LogP contribution in [0.3, 0.4) is 0 Å². The van der Waals surface area contributed by atoms with Gasteiger partial charge in [0.15, 0.2) is 0 Å². The van der Waals surface area contributed by atoms with Crippen LogP contribution >= 0.6 is 0 Å². The maximum absolute atomic E-state index is 13.1. The molecular formula is C26H26FN3O5S. The van der Waals surface area contributed by atoms with Gasteiger partial charge in [0.2, 0.25) is 6.36 Å². The van der Waals surface area contributed by atoms with Crippen molar-refractivity contribution in [3.05, 3.63) is 72.3 Å². The van der Waals surface area contributed by atoms with Crippen LogP contribution in [0.1, 0.15) is 33.3 Å². The highest BCUT2D eigenvalue weighted by Gasteiger charge is 2.25. The number of nitrogens with zero attached hydrogens (tertiary/aromatic N) is 1. The lowest BCUT2D eigenvalue weighted by molar-refractivity contribution is 0.0861. The highest BCUT2D eigenvalue weighted by atomic mass is 32.2. The van der Waals surface area contributed by atoms with Crippen LogP contribution in [0.5, 0.6) is 17.2 Å². The Morgan fingerprint density at radius 2 is 1.69 bits per heavy atom. The van der Waals surface area contributed by atoms with Gasteiger partial charge in [0, 0.05) is 12.5 Å². The van der Waals surface area contributed by atoms with E-state index in [1.165, 1.54) is 19.1 Å². The van der Waals surface area contributed by atoms with Crippen LogP contribution in [0.2, 0.25) is 0 Å². The van der Waals surface area contributed by atoms with E-state index >= 15 is 0 Å². The van der Waals surface area contributed by atoms with Crippen molar-refractivity contribution < 1.29 is 27.1 Å². The van der Waals surface area contributed by atoms with Gasteiger partial charge in [-0.3, -0.25) is 0 Å². The van der Waals surface area contributed by atoms with E-state index in [9.17, 15) is 22.9 Å². The van der Waals surface area contributed by atoms with Gasteiger partial charge in [-0.05, 0) is 74.4 Å². The number of carbonyl (C=O) groups is 1. The highest BCUT2D eigenvalue weighted by molar-refractivity contribution is 7.90. The molecule has 188 valence electrons. The van der Waals surface area contributed by atoms with Gasteiger partial charge >= 0.3 is 6.03 Å². The van der Waals surface area contributed by atoms with E-state index < -0.39 is 28.0 Å². The first kappa shape index (κ1) is 26.5. The highest BCUT2D eigenvalue weighted by Crippen LogP contribution is 2.32. The van der Waals surface area contributed by atoms with Crippen LogP contribution in [-0.4, -0.2) is 26.3 Å². The van der Waals surface area contributed by atoms with Crippen LogP contribution in [0.4, 0.5) is 9.18 Å². The zero-order valence-electron chi connectivity index (χ0n) is 20.2. The minimum absolute atomic E-state index is 0.0668. The molecule has 2 amide bonds. The Hall–Kier alpha value is -4.10. The number of amides is 2. The van der Waals surface area contributed by atoms with E-state index in [2.05, 4.69) is 5.32 Å². The Bertz CT molecular complexity index is 1390. The fraction of sp³-hybridized carbons (Fsp3) is 0.231. The third kappa shape index (κ3) is 7.20. The number of nitriles is 1. The van der Waals surface area contributed by atoms with E-state index in [0.29, 0.717) is 11.5 Å².